The number of carbonyl (C=O) groups excluding carboxylic acids is 3. The molecule has 10 heteroatoms. The van der Waals surface area contributed by atoms with Crippen LogP contribution in [0.1, 0.15) is 42.9 Å². The predicted octanol–water partition coefficient (Wildman–Crippen LogP) is 3.87. The monoisotopic (exact) mass is 675 g/mol. The standard InChI is InChI=1S/C40H45N5O5/c1-3-22-42-35-17-16-32(44-27-45(31-13-5-4-6-14-31)39(37(44)48)18-20-41-21-19-39)24-34(35)40(50,38(42)49)28(2)10-9-15-36(47)43-25-30-12-8-7-11-29(30)23-33(43)26-46/h3-14,16-17,24,28,33,41,46,50H,1,15,18-23,25-27H2,2H3/b10-9+/t28-,33-,40+/m0/s1. The minimum absolute atomic E-state index is 0.00610. The van der Waals surface area contributed by atoms with Crippen LogP contribution in [0, 0.1) is 5.92 Å². The van der Waals surface area contributed by atoms with E-state index >= 15 is 0 Å². The van der Waals surface area contributed by atoms with E-state index in [0.717, 1.165) is 29.9 Å². The van der Waals surface area contributed by atoms with Crippen molar-refractivity contribution in [1.29, 1.82) is 0 Å². The van der Waals surface area contributed by atoms with E-state index in [0.29, 0.717) is 49.4 Å². The summed E-state index contributed by atoms with van der Waals surface area (Å²) in [6, 6.07) is 23.1. The van der Waals surface area contributed by atoms with Gasteiger partial charge in [0.2, 0.25) is 5.91 Å². The molecule has 0 saturated carbocycles. The van der Waals surface area contributed by atoms with Gasteiger partial charge in [0.15, 0.2) is 5.60 Å². The topological polar surface area (TPSA) is 117 Å². The number of aliphatic hydroxyl groups excluding tert-OH is 1. The molecule has 3 aromatic rings. The number of aliphatic hydroxyl groups is 2. The number of benzene rings is 3. The molecule has 0 unspecified atom stereocenters. The van der Waals surface area contributed by atoms with Crippen LogP contribution in [0.4, 0.5) is 17.1 Å². The van der Waals surface area contributed by atoms with Gasteiger partial charge in [-0.1, -0.05) is 67.6 Å². The van der Waals surface area contributed by atoms with E-state index in [2.05, 4.69) is 16.8 Å². The number of carbonyl (C=O) groups is 3. The first-order valence-corrected chi connectivity index (χ1v) is 17.5. The molecular formula is C40H45N5O5. The SMILES string of the molecule is C=CCN1C(=O)[C@@](O)([C@@H](C)/C=C/CC(=O)N2Cc3ccccc3C[C@H]2CO)c2cc(N3CN(c4ccccc4)C4(CCNCC4)C3=O)ccc21. The lowest BCUT2D eigenvalue weighted by atomic mass is 9.82. The number of para-hydroxylation sites is 1. The number of hydrogen-bond acceptors (Lipinski definition) is 7. The third-order valence-electron chi connectivity index (χ3n) is 11.1. The summed E-state index contributed by atoms with van der Waals surface area (Å²) < 4.78 is 0. The van der Waals surface area contributed by atoms with E-state index in [9.17, 15) is 24.6 Å². The van der Waals surface area contributed by atoms with Crippen LogP contribution in [0.15, 0.2) is 97.6 Å². The molecule has 4 heterocycles. The highest BCUT2D eigenvalue weighted by Crippen LogP contribution is 2.48. The number of piperidine rings is 1. The van der Waals surface area contributed by atoms with Crippen LogP contribution in [0.3, 0.4) is 0 Å². The summed E-state index contributed by atoms with van der Waals surface area (Å²) >= 11 is 0. The highest BCUT2D eigenvalue weighted by molar-refractivity contribution is 6.10. The van der Waals surface area contributed by atoms with Crippen LogP contribution < -0.4 is 20.0 Å². The zero-order valence-electron chi connectivity index (χ0n) is 28.5. The molecule has 50 heavy (non-hydrogen) atoms. The molecule has 0 radical (unpaired) electrons. The van der Waals surface area contributed by atoms with E-state index < -0.39 is 23.0 Å². The fourth-order valence-corrected chi connectivity index (χ4v) is 8.25. The number of amides is 3. The van der Waals surface area contributed by atoms with E-state index in [-0.39, 0.29) is 37.4 Å². The lowest BCUT2D eigenvalue weighted by Crippen LogP contribution is -2.55. The van der Waals surface area contributed by atoms with Gasteiger partial charge >= 0.3 is 0 Å². The minimum atomic E-state index is -1.93. The molecule has 1 spiro atoms. The van der Waals surface area contributed by atoms with Gasteiger partial charge in [-0.3, -0.25) is 19.3 Å². The Hall–Kier alpha value is -4.77. The van der Waals surface area contributed by atoms with Crippen LogP contribution >= 0.6 is 0 Å². The van der Waals surface area contributed by atoms with Gasteiger partial charge in [-0.25, -0.2) is 0 Å². The predicted molar refractivity (Wildman–Crippen MR) is 193 cm³/mol. The first-order valence-electron chi connectivity index (χ1n) is 17.5. The van der Waals surface area contributed by atoms with Crippen molar-refractivity contribution in [2.24, 2.45) is 5.92 Å². The lowest BCUT2D eigenvalue weighted by Gasteiger charge is -2.39. The number of nitrogens with zero attached hydrogens (tertiary/aromatic N) is 4. The smallest absolute Gasteiger partial charge is 0.264 e. The molecule has 3 N–H and O–H groups in total. The number of nitrogens with one attached hydrogen (secondary N) is 1. The third-order valence-corrected chi connectivity index (χ3v) is 11.1. The van der Waals surface area contributed by atoms with Crippen LogP contribution in [-0.4, -0.2) is 77.3 Å². The molecule has 3 amide bonds. The molecule has 3 atom stereocenters. The quantitative estimate of drug-likeness (QED) is 0.295. The van der Waals surface area contributed by atoms with Gasteiger partial charge in [0, 0.05) is 42.4 Å². The van der Waals surface area contributed by atoms with Gasteiger partial charge in [0.25, 0.3) is 11.8 Å². The number of anilines is 3. The molecule has 3 aromatic carbocycles. The average molecular weight is 676 g/mol. The highest BCUT2D eigenvalue weighted by Gasteiger charge is 2.55. The van der Waals surface area contributed by atoms with E-state index in [1.54, 1.807) is 47.1 Å². The van der Waals surface area contributed by atoms with E-state index in [1.807, 2.05) is 60.7 Å². The third kappa shape index (κ3) is 5.52. The van der Waals surface area contributed by atoms with Crippen molar-refractivity contribution in [3.05, 3.63) is 114 Å². The van der Waals surface area contributed by atoms with Crippen molar-refractivity contribution < 1.29 is 24.6 Å². The van der Waals surface area contributed by atoms with Gasteiger partial charge in [-0.05, 0) is 73.8 Å². The maximum Gasteiger partial charge on any atom is 0.264 e. The summed E-state index contributed by atoms with van der Waals surface area (Å²) in [7, 11) is 0. The second kappa shape index (κ2) is 13.5. The molecule has 2 fully saturated rings. The Bertz CT molecular complexity index is 1820. The number of fused-ring (bicyclic) bond motifs is 2. The Morgan fingerprint density at radius 1 is 1.00 bits per heavy atom. The van der Waals surface area contributed by atoms with Crippen molar-refractivity contribution in [1.82, 2.24) is 10.2 Å². The zero-order chi connectivity index (χ0) is 35.0. The maximum atomic E-state index is 14.4. The molecule has 7 rings (SSSR count). The van der Waals surface area contributed by atoms with Crippen LogP contribution in [0.2, 0.25) is 0 Å². The fourth-order valence-electron chi connectivity index (χ4n) is 8.25. The molecule has 2 saturated heterocycles. The molecule has 10 nitrogen and oxygen atoms in total. The normalized spacial score (nSPS) is 23.5. The van der Waals surface area contributed by atoms with Gasteiger partial charge in [-0.2, -0.15) is 0 Å². The van der Waals surface area contributed by atoms with Crippen LogP contribution in [0.5, 0.6) is 0 Å². The Balaban J connectivity index is 1.16. The molecule has 260 valence electrons. The molecule has 4 aliphatic rings. The first-order chi connectivity index (χ1) is 24.2. The Labute approximate surface area is 293 Å². The lowest BCUT2D eigenvalue weighted by molar-refractivity contribution is -0.139. The van der Waals surface area contributed by atoms with Crippen molar-refractivity contribution >= 4 is 34.8 Å². The van der Waals surface area contributed by atoms with Gasteiger partial charge in [0.05, 0.1) is 25.0 Å². The Morgan fingerprint density at radius 3 is 2.44 bits per heavy atom. The Morgan fingerprint density at radius 2 is 1.72 bits per heavy atom. The van der Waals surface area contributed by atoms with Gasteiger partial charge < -0.3 is 30.2 Å². The fraction of sp³-hybridized carbons (Fsp3) is 0.375. The number of hydrogen-bond donors (Lipinski definition) is 3. The molecule has 4 aliphatic heterocycles. The van der Waals surface area contributed by atoms with Gasteiger partial charge in [0.1, 0.15) is 5.54 Å². The van der Waals surface area contributed by atoms with Crippen LogP contribution in [0.25, 0.3) is 0 Å². The van der Waals surface area contributed by atoms with Crippen molar-refractivity contribution in [2.75, 3.05) is 47.6 Å². The van der Waals surface area contributed by atoms with Crippen LogP contribution in [-0.2, 0) is 33.0 Å². The second-order valence-electron chi connectivity index (χ2n) is 13.8. The van der Waals surface area contributed by atoms with Crippen molar-refractivity contribution in [3.8, 4) is 0 Å². The summed E-state index contributed by atoms with van der Waals surface area (Å²) in [5, 5.41) is 25.8. The van der Waals surface area contributed by atoms with Gasteiger partial charge in [-0.15, -0.1) is 6.58 Å². The molecule has 0 bridgehead atoms. The average Bonchev–Trinajstić information content (AvgIpc) is 3.54. The largest absolute Gasteiger partial charge is 0.394 e. The summed E-state index contributed by atoms with van der Waals surface area (Å²) in [5.41, 5.74) is 2.16. The number of rotatable bonds is 9. The minimum Gasteiger partial charge on any atom is -0.394 e. The molecular weight excluding hydrogens is 630 g/mol. The molecule has 0 aliphatic carbocycles. The summed E-state index contributed by atoms with van der Waals surface area (Å²) in [4.78, 5) is 49.0. The van der Waals surface area contributed by atoms with E-state index in [4.69, 9.17) is 0 Å². The highest BCUT2D eigenvalue weighted by atomic mass is 16.3. The zero-order valence-corrected chi connectivity index (χ0v) is 28.5. The summed E-state index contributed by atoms with van der Waals surface area (Å²) in [6.07, 6.45) is 7.03. The van der Waals surface area contributed by atoms with Crippen molar-refractivity contribution in [3.63, 3.8) is 0 Å². The second-order valence-corrected chi connectivity index (χ2v) is 13.8. The summed E-state index contributed by atoms with van der Waals surface area (Å²) in [6.45, 7) is 7.91. The Kier molecular flexibility index (Phi) is 9.11. The first kappa shape index (κ1) is 33.7. The maximum absolute atomic E-state index is 14.4. The van der Waals surface area contributed by atoms with Crippen molar-refractivity contribution in [2.45, 2.75) is 56.3 Å². The molecule has 0 aromatic heterocycles. The summed E-state index contributed by atoms with van der Waals surface area (Å²) in [5.74, 6) is -1.31. The van der Waals surface area contributed by atoms with E-state index in [1.165, 1.54) is 4.90 Å².